The van der Waals surface area contributed by atoms with Crippen LogP contribution in [0.1, 0.15) is 81.5 Å². The Bertz CT molecular complexity index is 1680. The van der Waals surface area contributed by atoms with E-state index in [4.69, 9.17) is 9.47 Å². The number of pyridine rings is 1. The van der Waals surface area contributed by atoms with Gasteiger partial charge in [0.25, 0.3) is 0 Å². The Morgan fingerprint density at radius 1 is 1.02 bits per heavy atom. The molecule has 0 spiro atoms. The largest absolute Gasteiger partial charge is 0.444 e. The quantitative estimate of drug-likeness (QED) is 0.291. The van der Waals surface area contributed by atoms with Gasteiger partial charge >= 0.3 is 12.2 Å². The average molecular weight is 587 g/mol. The maximum atomic E-state index is 12.9. The lowest BCUT2D eigenvalue weighted by molar-refractivity contribution is -0.0447. The Morgan fingerprint density at radius 2 is 1.74 bits per heavy atom. The van der Waals surface area contributed by atoms with E-state index in [0.717, 1.165) is 40.8 Å². The second kappa shape index (κ2) is 10.9. The number of amides is 2. The molecule has 228 valence electrons. The van der Waals surface area contributed by atoms with E-state index in [2.05, 4.69) is 67.2 Å². The lowest BCUT2D eigenvalue weighted by atomic mass is 9.87. The number of hydrogen-bond donors (Lipinski definition) is 1. The molecule has 1 aromatic carbocycles. The summed E-state index contributed by atoms with van der Waals surface area (Å²) in [5.41, 5.74) is 8.69. The fourth-order valence-corrected chi connectivity index (χ4v) is 6.35. The lowest BCUT2D eigenvalue weighted by Gasteiger charge is -2.40. The first kappa shape index (κ1) is 29.0. The van der Waals surface area contributed by atoms with Crippen molar-refractivity contribution in [2.24, 2.45) is 0 Å². The van der Waals surface area contributed by atoms with Crippen molar-refractivity contribution in [2.75, 3.05) is 26.2 Å². The number of aromatic amines is 1. The Balaban J connectivity index is 1.13. The molecule has 0 radical (unpaired) electrons. The van der Waals surface area contributed by atoms with Crippen molar-refractivity contribution in [3.63, 3.8) is 0 Å². The van der Waals surface area contributed by atoms with Gasteiger partial charge in [0.1, 0.15) is 18.0 Å². The summed E-state index contributed by atoms with van der Waals surface area (Å²) < 4.78 is 12.9. The zero-order chi connectivity index (χ0) is 30.6. The van der Waals surface area contributed by atoms with Crippen LogP contribution in [0.4, 0.5) is 9.59 Å². The van der Waals surface area contributed by atoms with E-state index in [1.54, 1.807) is 16.1 Å². The van der Waals surface area contributed by atoms with Crippen molar-refractivity contribution in [3.8, 4) is 11.3 Å². The third-order valence-corrected chi connectivity index (χ3v) is 8.83. The Morgan fingerprint density at radius 3 is 2.42 bits per heavy atom. The smallest absolute Gasteiger partial charge is 0.410 e. The Labute approximate surface area is 252 Å². The molecule has 43 heavy (non-hydrogen) atoms. The molecule has 2 aliphatic heterocycles. The number of fused-ring (bicyclic) bond motifs is 2. The highest BCUT2D eigenvalue weighted by atomic mass is 16.6. The standard InChI is InChI=1S/C33H42N6O4/c1-19(2)28-25-14-23(8-9-27(25)36-29(28)26-17-39-30(34-18-35-39)21(4)20(26)3)22-10-12-37(13-11-22)31(40)42-24-15-38(16-24)32(41)43-33(5,6)7/h8-9,14,17-19,22,24,36H,10-13,15-16H2,1-7H3. The molecular formula is C33H42N6O4. The average Bonchev–Trinajstić information content (AvgIpc) is 3.55. The summed E-state index contributed by atoms with van der Waals surface area (Å²) in [6.07, 6.45) is 4.50. The first-order valence-corrected chi connectivity index (χ1v) is 15.3. The second-order valence-electron chi connectivity index (χ2n) is 13.3. The molecule has 2 aliphatic rings. The van der Waals surface area contributed by atoms with Crippen LogP contribution in [0.2, 0.25) is 0 Å². The molecule has 0 aliphatic carbocycles. The predicted molar refractivity (Wildman–Crippen MR) is 165 cm³/mol. The molecule has 4 aromatic rings. The van der Waals surface area contributed by atoms with Crippen molar-refractivity contribution in [1.82, 2.24) is 29.4 Å². The molecule has 0 atom stereocenters. The number of H-pyrrole nitrogens is 1. The number of piperidine rings is 1. The van der Waals surface area contributed by atoms with Crippen LogP contribution in [0.5, 0.6) is 0 Å². The van der Waals surface area contributed by atoms with Crippen LogP contribution in [0, 0.1) is 13.8 Å². The Hall–Kier alpha value is -4.08. The van der Waals surface area contributed by atoms with Gasteiger partial charge in [-0.05, 0) is 93.7 Å². The van der Waals surface area contributed by atoms with E-state index < -0.39 is 5.60 Å². The molecule has 2 fully saturated rings. The molecule has 5 heterocycles. The van der Waals surface area contributed by atoms with Crippen LogP contribution in [-0.2, 0) is 9.47 Å². The molecule has 10 nitrogen and oxygen atoms in total. The highest BCUT2D eigenvalue weighted by Gasteiger charge is 2.37. The van der Waals surface area contributed by atoms with Gasteiger partial charge in [-0.3, -0.25) is 0 Å². The second-order valence-corrected chi connectivity index (χ2v) is 13.3. The van der Waals surface area contributed by atoms with Crippen LogP contribution in [-0.4, -0.2) is 79.5 Å². The van der Waals surface area contributed by atoms with Crippen LogP contribution < -0.4 is 0 Å². The third kappa shape index (κ3) is 5.55. The van der Waals surface area contributed by atoms with Gasteiger partial charge in [0, 0.05) is 35.8 Å². The van der Waals surface area contributed by atoms with Crippen molar-refractivity contribution >= 4 is 28.7 Å². The first-order valence-electron chi connectivity index (χ1n) is 15.3. The van der Waals surface area contributed by atoms with E-state index >= 15 is 0 Å². The number of nitrogens with zero attached hydrogens (tertiary/aromatic N) is 5. The fraction of sp³-hybridized carbons (Fsp3) is 0.515. The van der Waals surface area contributed by atoms with E-state index in [9.17, 15) is 9.59 Å². The first-order chi connectivity index (χ1) is 20.4. The van der Waals surface area contributed by atoms with E-state index in [1.807, 2.05) is 25.3 Å². The SMILES string of the molecule is Cc1c(-c2[nH]c3ccc(C4CCN(C(=O)OC5CN(C(=O)OC(C)(C)C)C5)CC4)cc3c2C(C)C)cn2ncnc2c1C. The number of nitrogens with one attached hydrogen (secondary N) is 1. The lowest BCUT2D eigenvalue weighted by Crippen LogP contribution is -2.57. The Kier molecular flexibility index (Phi) is 7.34. The normalized spacial score (nSPS) is 16.7. The summed E-state index contributed by atoms with van der Waals surface area (Å²) >= 11 is 0. The minimum absolute atomic E-state index is 0.282. The van der Waals surface area contributed by atoms with E-state index in [-0.39, 0.29) is 18.3 Å². The van der Waals surface area contributed by atoms with Crippen molar-refractivity contribution < 1.29 is 19.1 Å². The molecule has 6 rings (SSSR count). The number of likely N-dealkylation sites (tertiary alicyclic amines) is 2. The number of carbonyl (C=O) groups is 2. The number of ether oxygens (including phenoxy) is 2. The molecule has 0 saturated carbocycles. The van der Waals surface area contributed by atoms with Gasteiger partial charge in [-0.2, -0.15) is 5.10 Å². The maximum Gasteiger partial charge on any atom is 0.410 e. The molecule has 3 aromatic heterocycles. The van der Waals surface area contributed by atoms with E-state index in [1.165, 1.54) is 22.1 Å². The zero-order valence-corrected chi connectivity index (χ0v) is 26.2. The highest BCUT2D eigenvalue weighted by Crippen LogP contribution is 2.40. The van der Waals surface area contributed by atoms with Crippen molar-refractivity contribution in [3.05, 3.63) is 53.0 Å². The highest BCUT2D eigenvalue weighted by molar-refractivity contribution is 5.92. The number of aromatic nitrogens is 4. The minimum atomic E-state index is -0.543. The minimum Gasteiger partial charge on any atom is -0.444 e. The van der Waals surface area contributed by atoms with Crippen molar-refractivity contribution in [2.45, 2.75) is 84.8 Å². The summed E-state index contributed by atoms with van der Waals surface area (Å²) in [6, 6.07) is 6.77. The van der Waals surface area contributed by atoms with Gasteiger partial charge in [-0.25, -0.2) is 19.1 Å². The molecular weight excluding hydrogens is 544 g/mol. The van der Waals surface area contributed by atoms with Crippen molar-refractivity contribution in [1.29, 1.82) is 0 Å². The van der Waals surface area contributed by atoms with Gasteiger partial charge < -0.3 is 24.3 Å². The van der Waals surface area contributed by atoms with Gasteiger partial charge in [0.05, 0.1) is 18.8 Å². The van der Waals surface area contributed by atoms with Crippen LogP contribution in [0.25, 0.3) is 27.8 Å². The molecule has 0 unspecified atom stereocenters. The van der Waals surface area contributed by atoms with Gasteiger partial charge in [-0.1, -0.05) is 19.9 Å². The number of benzene rings is 1. The van der Waals surface area contributed by atoms with Gasteiger partial charge in [-0.15, -0.1) is 0 Å². The molecule has 10 heteroatoms. The maximum absolute atomic E-state index is 12.9. The summed E-state index contributed by atoms with van der Waals surface area (Å²) in [5, 5.41) is 5.66. The summed E-state index contributed by atoms with van der Waals surface area (Å²) in [5.74, 6) is 0.688. The number of rotatable bonds is 4. The van der Waals surface area contributed by atoms with Crippen LogP contribution in [0.3, 0.4) is 0 Å². The molecule has 0 bridgehead atoms. The number of carbonyl (C=O) groups excluding carboxylic acids is 2. The van der Waals surface area contributed by atoms with E-state index in [0.29, 0.717) is 38.0 Å². The van der Waals surface area contributed by atoms with Gasteiger partial charge in [0.2, 0.25) is 0 Å². The summed E-state index contributed by atoms with van der Waals surface area (Å²) in [4.78, 5) is 36.5. The molecule has 1 N–H and O–H groups in total. The number of hydrogen-bond acceptors (Lipinski definition) is 6. The van der Waals surface area contributed by atoms with Gasteiger partial charge in [0.15, 0.2) is 5.65 Å². The predicted octanol–water partition coefficient (Wildman–Crippen LogP) is 6.55. The fourth-order valence-electron chi connectivity index (χ4n) is 6.35. The monoisotopic (exact) mass is 586 g/mol. The topological polar surface area (TPSA) is 105 Å². The third-order valence-electron chi connectivity index (χ3n) is 8.83. The van der Waals surface area contributed by atoms with Crippen LogP contribution in [0.15, 0.2) is 30.7 Å². The molecule has 2 amide bonds. The summed E-state index contributed by atoms with van der Waals surface area (Å²) in [6.45, 7) is 16.3. The number of aryl methyl sites for hydroxylation is 1. The molecule has 2 saturated heterocycles. The van der Waals surface area contributed by atoms with Crippen LogP contribution >= 0.6 is 0 Å². The zero-order valence-electron chi connectivity index (χ0n) is 26.2. The summed E-state index contributed by atoms with van der Waals surface area (Å²) in [7, 11) is 0.